The van der Waals surface area contributed by atoms with E-state index in [0.29, 0.717) is 16.7 Å². The number of pyridine rings is 1. The molecule has 0 amide bonds. The highest BCUT2D eigenvalue weighted by Crippen LogP contribution is 2.21. The molecule has 0 radical (unpaired) electrons. The molecule has 0 unspecified atom stereocenters. The van der Waals surface area contributed by atoms with Crippen molar-refractivity contribution in [2.45, 2.75) is 0 Å². The monoisotopic (exact) mass is 225 g/mol. The van der Waals surface area contributed by atoms with Crippen LogP contribution < -0.4 is 11.1 Å². The first kappa shape index (κ1) is 9.30. The zero-order valence-corrected chi connectivity index (χ0v) is 8.77. The Balaban J connectivity index is 2.25. The molecular formula is C9H8ClN3S. The highest BCUT2D eigenvalue weighted by Gasteiger charge is 1.99. The van der Waals surface area contributed by atoms with Crippen molar-refractivity contribution in [3.63, 3.8) is 0 Å². The molecule has 2 aromatic rings. The molecule has 0 saturated carbocycles. The molecule has 0 aromatic carbocycles. The number of nitrogen functional groups attached to an aromatic ring is 1. The molecular weight excluding hydrogens is 218 g/mol. The van der Waals surface area contributed by atoms with Crippen molar-refractivity contribution in [1.82, 2.24) is 4.98 Å². The van der Waals surface area contributed by atoms with Gasteiger partial charge in [-0.1, -0.05) is 11.6 Å². The van der Waals surface area contributed by atoms with Crippen LogP contribution in [-0.2, 0) is 0 Å². The summed E-state index contributed by atoms with van der Waals surface area (Å²) in [6.45, 7) is 0. The molecule has 0 spiro atoms. The topological polar surface area (TPSA) is 50.9 Å². The van der Waals surface area contributed by atoms with Gasteiger partial charge in [-0.2, -0.15) is 11.3 Å². The number of thiophene rings is 1. The predicted octanol–water partition coefficient (Wildman–Crippen LogP) is 3.12. The summed E-state index contributed by atoms with van der Waals surface area (Å²) in [6, 6.07) is 5.31. The summed E-state index contributed by atoms with van der Waals surface area (Å²) >= 11 is 7.37. The Kier molecular flexibility index (Phi) is 2.56. The number of halogens is 1. The average Bonchev–Trinajstić information content (AvgIpc) is 2.54. The molecule has 5 heteroatoms. The number of anilines is 3. The lowest BCUT2D eigenvalue weighted by Crippen LogP contribution is -1.94. The summed E-state index contributed by atoms with van der Waals surface area (Å²) in [5.41, 5.74) is 7.22. The summed E-state index contributed by atoms with van der Waals surface area (Å²) in [4.78, 5) is 4.09. The molecule has 0 aliphatic rings. The summed E-state index contributed by atoms with van der Waals surface area (Å²) in [7, 11) is 0. The van der Waals surface area contributed by atoms with Crippen LogP contribution in [0, 0.1) is 0 Å². The third-order valence-corrected chi connectivity index (χ3v) is 2.49. The van der Waals surface area contributed by atoms with Gasteiger partial charge in [-0.3, -0.25) is 0 Å². The Bertz CT molecular complexity index is 407. The number of rotatable bonds is 2. The smallest absolute Gasteiger partial charge is 0.134 e. The molecule has 0 aliphatic carbocycles. The summed E-state index contributed by atoms with van der Waals surface area (Å²) in [6.07, 6.45) is 0. The lowest BCUT2D eigenvalue weighted by Gasteiger charge is -2.04. The fourth-order valence-corrected chi connectivity index (χ4v) is 1.87. The van der Waals surface area contributed by atoms with Crippen molar-refractivity contribution in [3.05, 3.63) is 34.1 Å². The van der Waals surface area contributed by atoms with Crippen LogP contribution in [0.2, 0.25) is 5.15 Å². The summed E-state index contributed by atoms with van der Waals surface area (Å²) in [5, 5.41) is 7.46. The van der Waals surface area contributed by atoms with Crippen molar-refractivity contribution < 1.29 is 0 Å². The molecule has 2 aromatic heterocycles. The molecule has 0 atom stereocenters. The van der Waals surface area contributed by atoms with Crippen LogP contribution in [0.1, 0.15) is 0 Å². The summed E-state index contributed by atoms with van der Waals surface area (Å²) in [5.74, 6) is 0.661. The van der Waals surface area contributed by atoms with Gasteiger partial charge in [0.05, 0.1) is 5.69 Å². The van der Waals surface area contributed by atoms with Gasteiger partial charge in [0.1, 0.15) is 11.0 Å². The molecule has 3 N–H and O–H groups in total. The van der Waals surface area contributed by atoms with E-state index in [0.717, 1.165) is 5.69 Å². The van der Waals surface area contributed by atoms with Gasteiger partial charge in [0, 0.05) is 17.1 Å². The first-order valence-corrected chi connectivity index (χ1v) is 5.28. The second-order valence-corrected chi connectivity index (χ2v) is 3.91. The predicted molar refractivity (Wildman–Crippen MR) is 61.3 cm³/mol. The maximum absolute atomic E-state index is 5.76. The Morgan fingerprint density at radius 1 is 1.43 bits per heavy atom. The van der Waals surface area contributed by atoms with Crippen molar-refractivity contribution >= 4 is 40.1 Å². The van der Waals surface area contributed by atoms with E-state index in [1.165, 1.54) is 0 Å². The van der Waals surface area contributed by atoms with E-state index < -0.39 is 0 Å². The Morgan fingerprint density at radius 2 is 2.29 bits per heavy atom. The van der Waals surface area contributed by atoms with Crippen molar-refractivity contribution in [2.75, 3.05) is 11.1 Å². The van der Waals surface area contributed by atoms with Gasteiger partial charge in [-0.05, 0) is 17.5 Å². The molecule has 14 heavy (non-hydrogen) atoms. The zero-order valence-electron chi connectivity index (χ0n) is 7.20. The van der Waals surface area contributed by atoms with Gasteiger partial charge in [0.2, 0.25) is 0 Å². The maximum atomic E-state index is 5.76. The number of hydrogen-bond donors (Lipinski definition) is 2. The molecule has 0 saturated heterocycles. The van der Waals surface area contributed by atoms with Crippen LogP contribution in [0.5, 0.6) is 0 Å². The largest absolute Gasteiger partial charge is 0.399 e. The average molecular weight is 226 g/mol. The second kappa shape index (κ2) is 3.86. The summed E-state index contributed by atoms with van der Waals surface area (Å²) < 4.78 is 0. The van der Waals surface area contributed by atoms with Gasteiger partial charge >= 0.3 is 0 Å². The van der Waals surface area contributed by atoms with Gasteiger partial charge in [0.25, 0.3) is 0 Å². The molecule has 0 aliphatic heterocycles. The second-order valence-electron chi connectivity index (χ2n) is 2.75. The first-order valence-electron chi connectivity index (χ1n) is 3.96. The van der Waals surface area contributed by atoms with Crippen molar-refractivity contribution in [1.29, 1.82) is 0 Å². The quantitative estimate of drug-likeness (QED) is 0.773. The fraction of sp³-hybridized carbons (Fsp3) is 0. The SMILES string of the molecule is Nc1cc(Cl)nc(Nc2ccsc2)c1. The van der Waals surface area contributed by atoms with Crippen LogP contribution in [0.25, 0.3) is 0 Å². The standard InChI is InChI=1S/C9H8ClN3S/c10-8-3-6(11)4-9(13-8)12-7-1-2-14-5-7/h1-5H,(H3,11,12,13). The van der Waals surface area contributed by atoms with E-state index in [1.54, 1.807) is 23.5 Å². The van der Waals surface area contributed by atoms with E-state index in [2.05, 4.69) is 10.3 Å². The Hall–Kier alpha value is -1.26. The highest BCUT2D eigenvalue weighted by molar-refractivity contribution is 7.08. The van der Waals surface area contributed by atoms with Gasteiger partial charge in [0.15, 0.2) is 0 Å². The molecule has 2 rings (SSSR count). The van der Waals surface area contributed by atoms with E-state index in [-0.39, 0.29) is 0 Å². The molecule has 3 nitrogen and oxygen atoms in total. The van der Waals surface area contributed by atoms with E-state index in [9.17, 15) is 0 Å². The van der Waals surface area contributed by atoms with E-state index in [1.807, 2.05) is 16.8 Å². The fourth-order valence-electron chi connectivity index (χ4n) is 1.06. The van der Waals surface area contributed by atoms with Crippen molar-refractivity contribution in [2.24, 2.45) is 0 Å². The third kappa shape index (κ3) is 2.16. The van der Waals surface area contributed by atoms with Crippen LogP contribution in [-0.4, -0.2) is 4.98 Å². The van der Waals surface area contributed by atoms with Crippen LogP contribution in [0.4, 0.5) is 17.2 Å². The van der Waals surface area contributed by atoms with Gasteiger partial charge in [-0.25, -0.2) is 4.98 Å². The highest BCUT2D eigenvalue weighted by atomic mass is 35.5. The van der Waals surface area contributed by atoms with Crippen LogP contribution in [0.15, 0.2) is 29.0 Å². The lowest BCUT2D eigenvalue weighted by molar-refractivity contribution is 1.31. The van der Waals surface area contributed by atoms with Gasteiger partial charge < -0.3 is 11.1 Å². The molecule has 0 fully saturated rings. The normalized spacial score (nSPS) is 10.1. The Morgan fingerprint density at radius 3 is 2.93 bits per heavy atom. The number of nitrogens with zero attached hydrogens (tertiary/aromatic N) is 1. The number of hydrogen-bond acceptors (Lipinski definition) is 4. The third-order valence-electron chi connectivity index (χ3n) is 1.61. The van der Waals surface area contributed by atoms with Gasteiger partial charge in [-0.15, -0.1) is 0 Å². The molecule has 0 bridgehead atoms. The number of nitrogens with two attached hydrogens (primary N) is 1. The zero-order chi connectivity index (χ0) is 9.97. The minimum absolute atomic E-state index is 0.391. The van der Waals surface area contributed by atoms with Crippen LogP contribution in [0.3, 0.4) is 0 Å². The maximum Gasteiger partial charge on any atom is 0.134 e. The first-order chi connectivity index (χ1) is 6.74. The minimum atomic E-state index is 0.391. The minimum Gasteiger partial charge on any atom is -0.399 e. The number of aromatic nitrogens is 1. The van der Waals surface area contributed by atoms with E-state index >= 15 is 0 Å². The molecule has 72 valence electrons. The Labute approximate surface area is 90.5 Å². The number of nitrogens with one attached hydrogen (secondary N) is 1. The van der Waals surface area contributed by atoms with Crippen LogP contribution >= 0.6 is 22.9 Å². The van der Waals surface area contributed by atoms with E-state index in [4.69, 9.17) is 17.3 Å². The molecule has 2 heterocycles. The lowest BCUT2D eigenvalue weighted by atomic mass is 10.4. The van der Waals surface area contributed by atoms with Crippen molar-refractivity contribution in [3.8, 4) is 0 Å².